The van der Waals surface area contributed by atoms with Crippen LogP contribution in [0.1, 0.15) is 32.3 Å². The van der Waals surface area contributed by atoms with Gasteiger partial charge in [-0.2, -0.15) is 11.8 Å². The first-order valence-electron chi connectivity index (χ1n) is 5.60. The van der Waals surface area contributed by atoms with Gasteiger partial charge in [0, 0.05) is 16.9 Å². The largest absolute Gasteiger partial charge is 0.399 e. The molecule has 2 N–H and O–H groups in total. The van der Waals surface area contributed by atoms with E-state index in [1.807, 2.05) is 6.07 Å². The van der Waals surface area contributed by atoms with Crippen LogP contribution in [0, 0.1) is 0 Å². The SMILES string of the molecule is CC(C)SCC1(c2cccc(N)c2)CC1. The Hall–Kier alpha value is -0.630. The zero-order valence-corrected chi connectivity index (χ0v) is 10.3. The van der Waals surface area contributed by atoms with Crippen molar-refractivity contribution in [1.29, 1.82) is 0 Å². The molecule has 0 unspecified atom stereocenters. The molecule has 1 aliphatic carbocycles. The van der Waals surface area contributed by atoms with Crippen molar-refractivity contribution in [2.24, 2.45) is 0 Å². The number of rotatable bonds is 4. The lowest BCUT2D eigenvalue weighted by Crippen LogP contribution is -2.11. The van der Waals surface area contributed by atoms with Crippen LogP contribution in [-0.4, -0.2) is 11.0 Å². The number of hydrogen-bond acceptors (Lipinski definition) is 2. The fraction of sp³-hybridized carbons (Fsp3) is 0.538. The Morgan fingerprint density at radius 2 is 2.13 bits per heavy atom. The summed E-state index contributed by atoms with van der Waals surface area (Å²) < 4.78 is 0. The molecule has 1 fully saturated rings. The summed E-state index contributed by atoms with van der Waals surface area (Å²) >= 11 is 2.06. The van der Waals surface area contributed by atoms with Crippen molar-refractivity contribution < 1.29 is 0 Å². The van der Waals surface area contributed by atoms with Crippen LogP contribution < -0.4 is 5.73 Å². The first-order valence-corrected chi connectivity index (χ1v) is 6.65. The summed E-state index contributed by atoms with van der Waals surface area (Å²) in [5.74, 6) is 1.24. The maximum Gasteiger partial charge on any atom is 0.0316 e. The zero-order valence-electron chi connectivity index (χ0n) is 9.49. The van der Waals surface area contributed by atoms with Crippen LogP contribution in [-0.2, 0) is 5.41 Å². The number of nitrogens with two attached hydrogens (primary N) is 1. The van der Waals surface area contributed by atoms with Gasteiger partial charge in [-0.05, 0) is 35.8 Å². The molecule has 0 atom stereocenters. The van der Waals surface area contributed by atoms with E-state index in [1.54, 1.807) is 0 Å². The summed E-state index contributed by atoms with van der Waals surface area (Å²) in [7, 11) is 0. The molecule has 1 saturated carbocycles. The van der Waals surface area contributed by atoms with Crippen molar-refractivity contribution in [3.8, 4) is 0 Å². The van der Waals surface area contributed by atoms with Crippen LogP contribution in [0.3, 0.4) is 0 Å². The lowest BCUT2D eigenvalue weighted by Gasteiger charge is -2.17. The Bertz CT molecular complexity index is 342. The Labute approximate surface area is 96.4 Å². The van der Waals surface area contributed by atoms with Crippen LogP contribution in [0.5, 0.6) is 0 Å². The van der Waals surface area contributed by atoms with E-state index >= 15 is 0 Å². The molecule has 0 spiro atoms. The van der Waals surface area contributed by atoms with Gasteiger partial charge in [-0.1, -0.05) is 26.0 Å². The Kier molecular flexibility index (Phi) is 2.96. The van der Waals surface area contributed by atoms with Crippen LogP contribution in [0.4, 0.5) is 5.69 Å². The number of thioether (sulfide) groups is 1. The molecule has 1 aromatic rings. The minimum atomic E-state index is 0.449. The standard InChI is InChI=1S/C13H19NS/c1-10(2)15-9-13(6-7-13)11-4-3-5-12(14)8-11/h3-5,8,10H,6-7,9,14H2,1-2H3. The van der Waals surface area contributed by atoms with Crippen LogP contribution >= 0.6 is 11.8 Å². The molecule has 0 amide bonds. The van der Waals surface area contributed by atoms with E-state index in [-0.39, 0.29) is 0 Å². The quantitative estimate of drug-likeness (QED) is 0.788. The van der Waals surface area contributed by atoms with E-state index in [0.717, 1.165) is 10.9 Å². The minimum Gasteiger partial charge on any atom is -0.399 e. The van der Waals surface area contributed by atoms with Gasteiger partial charge in [-0.15, -0.1) is 0 Å². The van der Waals surface area contributed by atoms with E-state index in [2.05, 4.69) is 43.8 Å². The van der Waals surface area contributed by atoms with Crippen molar-refractivity contribution in [3.05, 3.63) is 29.8 Å². The number of benzene rings is 1. The van der Waals surface area contributed by atoms with Gasteiger partial charge in [-0.3, -0.25) is 0 Å². The number of anilines is 1. The second-order valence-electron chi connectivity index (χ2n) is 4.77. The lowest BCUT2D eigenvalue weighted by atomic mass is 9.98. The van der Waals surface area contributed by atoms with Crippen molar-refractivity contribution in [2.75, 3.05) is 11.5 Å². The molecule has 0 saturated heterocycles. The molecule has 2 rings (SSSR count). The van der Waals surface area contributed by atoms with Crippen LogP contribution in [0.15, 0.2) is 24.3 Å². The van der Waals surface area contributed by atoms with E-state index in [1.165, 1.54) is 24.2 Å². The summed E-state index contributed by atoms with van der Waals surface area (Å²) in [6, 6.07) is 8.41. The highest BCUT2D eigenvalue weighted by molar-refractivity contribution is 7.99. The summed E-state index contributed by atoms with van der Waals surface area (Å²) in [5.41, 5.74) is 8.62. The number of hydrogen-bond donors (Lipinski definition) is 1. The first-order chi connectivity index (χ1) is 7.12. The molecule has 1 nitrogen and oxygen atoms in total. The summed E-state index contributed by atoms with van der Waals surface area (Å²) in [6.45, 7) is 4.53. The highest BCUT2D eigenvalue weighted by Gasteiger charge is 2.44. The molecular formula is C13H19NS. The van der Waals surface area contributed by atoms with Crippen LogP contribution in [0.25, 0.3) is 0 Å². The Morgan fingerprint density at radius 3 is 2.67 bits per heavy atom. The molecule has 0 heterocycles. The topological polar surface area (TPSA) is 26.0 Å². The third-order valence-corrected chi connectivity index (χ3v) is 4.43. The lowest BCUT2D eigenvalue weighted by molar-refractivity contribution is 0.800. The molecule has 0 aliphatic heterocycles. The van der Waals surface area contributed by atoms with Gasteiger partial charge in [0.1, 0.15) is 0 Å². The van der Waals surface area contributed by atoms with Crippen molar-refractivity contribution in [2.45, 2.75) is 37.4 Å². The molecule has 2 heteroatoms. The van der Waals surface area contributed by atoms with Crippen molar-refractivity contribution >= 4 is 17.4 Å². The van der Waals surface area contributed by atoms with Crippen molar-refractivity contribution in [3.63, 3.8) is 0 Å². The van der Waals surface area contributed by atoms with Gasteiger partial charge >= 0.3 is 0 Å². The van der Waals surface area contributed by atoms with E-state index in [4.69, 9.17) is 5.73 Å². The minimum absolute atomic E-state index is 0.449. The van der Waals surface area contributed by atoms with Gasteiger partial charge in [0.15, 0.2) is 0 Å². The van der Waals surface area contributed by atoms with E-state index in [0.29, 0.717) is 5.41 Å². The zero-order chi connectivity index (χ0) is 10.9. The second kappa shape index (κ2) is 4.09. The van der Waals surface area contributed by atoms with Gasteiger partial charge < -0.3 is 5.73 Å². The predicted molar refractivity (Wildman–Crippen MR) is 69.4 cm³/mol. The maximum atomic E-state index is 5.83. The summed E-state index contributed by atoms with van der Waals surface area (Å²) in [4.78, 5) is 0. The van der Waals surface area contributed by atoms with Gasteiger partial charge in [-0.25, -0.2) is 0 Å². The molecule has 15 heavy (non-hydrogen) atoms. The predicted octanol–water partition coefficient (Wildman–Crippen LogP) is 3.44. The second-order valence-corrected chi connectivity index (χ2v) is 6.33. The Morgan fingerprint density at radius 1 is 1.40 bits per heavy atom. The summed E-state index contributed by atoms with van der Waals surface area (Å²) in [5, 5.41) is 0.725. The molecule has 1 aliphatic rings. The molecular weight excluding hydrogens is 202 g/mol. The van der Waals surface area contributed by atoms with Gasteiger partial charge in [0.25, 0.3) is 0 Å². The number of nitrogen functional groups attached to an aromatic ring is 1. The first kappa shape index (κ1) is 10.9. The highest BCUT2D eigenvalue weighted by atomic mass is 32.2. The van der Waals surface area contributed by atoms with E-state index in [9.17, 15) is 0 Å². The monoisotopic (exact) mass is 221 g/mol. The van der Waals surface area contributed by atoms with Gasteiger partial charge in [0.2, 0.25) is 0 Å². The average molecular weight is 221 g/mol. The average Bonchev–Trinajstić information content (AvgIpc) is 2.96. The smallest absolute Gasteiger partial charge is 0.0316 e. The Balaban J connectivity index is 2.09. The third kappa shape index (κ3) is 2.49. The van der Waals surface area contributed by atoms with Crippen molar-refractivity contribution in [1.82, 2.24) is 0 Å². The molecule has 1 aromatic carbocycles. The third-order valence-electron chi connectivity index (χ3n) is 3.05. The molecule has 0 bridgehead atoms. The molecule has 82 valence electrons. The molecule has 0 aromatic heterocycles. The normalized spacial score (nSPS) is 18.1. The highest BCUT2D eigenvalue weighted by Crippen LogP contribution is 2.51. The maximum absolute atomic E-state index is 5.83. The summed E-state index contributed by atoms with van der Waals surface area (Å²) in [6.07, 6.45) is 2.66. The fourth-order valence-electron chi connectivity index (χ4n) is 1.86. The van der Waals surface area contributed by atoms with E-state index < -0.39 is 0 Å². The van der Waals surface area contributed by atoms with Crippen LogP contribution in [0.2, 0.25) is 0 Å². The molecule has 0 radical (unpaired) electrons. The fourth-order valence-corrected chi connectivity index (χ4v) is 2.97. The van der Waals surface area contributed by atoms with Gasteiger partial charge in [0.05, 0.1) is 0 Å².